The van der Waals surface area contributed by atoms with Crippen LogP contribution >= 0.6 is 0 Å². The molecule has 138 valence electrons. The molecule has 0 bridgehead atoms. The summed E-state index contributed by atoms with van der Waals surface area (Å²) in [6.45, 7) is 1.75. The number of carbonyl (C=O) groups is 2. The van der Waals surface area contributed by atoms with Crippen molar-refractivity contribution in [2.75, 3.05) is 0 Å². The van der Waals surface area contributed by atoms with Crippen LogP contribution in [-0.4, -0.2) is 37.0 Å². The first-order valence-electron chi connectivity index (χ1n) is 8.48. The Morgan fingerprint density at radius 2 is 2.00 bits per heavy atom. The summed E-state index contributed by atoms with van der Waals surface area (Å²) in [5.41, 5.74) is 1.25. The zero-order valence-electron chi connectivity index (χ0n) is 14.9. The van der Waals surface area contributed by atoms with Gasteiger partial charge in [-0.25, -0.2) is 9.48 Å². The van der Waals surface area contributed by atoms with Crippen molar-refractivity contribution in [2.45, 2.75) is 19.0 Å². The fourth-order valence-corrected chi connectivity index (χ4v) is 3.20. The number of hydrogen-bond donors (Lipinski definition) is 1. The van der Waals surface area contributed by atoms with Gasteiger partial charge in [0.2, 0.25) is 0 Å². The van der Waals surface area contributed by atoms with Gasteiger partial charge in [0.25, 0.3) is 5.91 Å². The number of nitrogens with one attached hydrogen (secondary N) is 1. The largest absolute Gasteiger partial charge is 0.325 e. The van der Waals surface area contributed by atoms with E-state index in [1.165, 1.54) is 11.0 Å². The van der Waals surface area contributed by atoms with Crippen molar-refractivity contribution < 1.29 is 9.59 Å². The second-order valence-corrected chi connectivity index (χ2v) is 6.56. The van der Waals surface area contributed by atoms with E-state index in [-0.39, 0.29) is 12.5 Å². The van der Waals surface area contributed by atoms with Crippen LogP contribution in [0.2, 0.25) is 0 Å². The molecule has 1 aliphatic rings. The summed E-state index contributed by atoms with van der Waals surface area (Å²) in [5.74, 6) is -0.367. The number of carbonyl (C=O) groups excluding carboxylic acids is 2. The van der Waals surface area contributed by atoms with E-state index in [0.717, 1.165) is 4.90 Å². The highest BCUT2D eigenvalue weighted by Gasteiger charge is 2.49. The third kappa shape index (κ3) is 2.87. The summed E-state index contributed by atoms with van der Waals surface area (Å²) in [6.07, 6.45) is 1.45. The molecule has 1 fully saturated rings. The van der Waals surface area contributed by atoms with Crippen LogP contribution in [0.15, 0.2) is 54.9 Å². The third-order valence-corrected chi connectivity index (χ3v) is 4.71. The molecule has 4 rings (SSSR count). The lowest BCUT2D eigenvalue weighted by Gasteiger charge is -2.23. The average molecular weight is 373 g/mol. The Kier molecular flexibility index (Phi) is 4.08. The van der Waals surface area contributed by atoms with E-state index in [1.54, 1.807) is 55.5 Å². The van der Waals surface area contributed by atoms with Crippen molar-refractivity contribution in [1.82, 2.24) is 30.4 Å². The second-order valence-electron chi connectivity index (χ2n) is 6.56. The quantitative estimate of drug-likeness (QED) is 0.693. The second kappa shape index (κ2) is 6.59. The van der Waals surface area contributed by atoms with E-state index < -0.39 is 11.6 Å². The predicted octanol–water partition coefficient (Wildman–Crippen LogP) is 1.50. The maximum absolute atomic E-state index is 13.1. The van der Waals surface area contributed by atoms with Gasteiger partial charge >= 0.3 is 6.03 Å². The van der Waals surface area contributed by atoms with Crippen molar-refractivity contribution in [1.29, 1.82) is 5.26 Å². The number of urea groups is 1. The molecule has 3 amide bonds. The van der Waals surface area contributed by atoms with Crippen molar-refractivity contribution in [3.63, 3.8) is 0 Å². The van der Waals surface area contributed by atoms with Crippen LogP contribution in [-0.2, 0) is 16.9 Å². The summed E-state index contributed by atoms with van der Waals surface area (Å²) in [5, 5.41) is 22.9. The van der Waals surface area contributed by atoms with Gasteiger partial charge in [0.15, 0.2) is 0 Å². The molecule has 9 heteroatoms. The first kappa shape index (κ1) is 17.4. The van der Waals surface area contributed by atoms with Gasteiger partial charge in [0, 0.05) is 0 Å². The fraction of sp³-hybridized carbons (Fsp3) is 0.158. The number of hydrogen-bond acceptors (Lipinski definition) is 6. The number of rotatable bonds is 4. The highest BCUT2D eigenvalue weighted by atomic mass is 16.2. The highest BCUT2D eigenvalue weighted by molar-refractivity contribution is 6.07. The lowest BCUT2D eigenvalue weighted by molar-refractivity contribution is -0.131. The molecule has 0 spiro atoms. The van der Waals surface area contributed by atoms with Crippen molar-refractivity contribution in [2.24, 2.45) is 0 Å². The van der Waals surface area contributed by atoms with Crippen LogP contribution < -0.4 is 5.32 Å². The monoisotopic (exact) mass is 373 g/mol. The Balaban J connectivity index is 1.64. The molecule has 9 nitrogen and oxygen atoms in total. The zero-order chi connectivity index (χ0) is 19.7. The molecule has 1 atom stereocenters. The van der Waals surface area contributed by atoms with Crippen LogP contribution in [0.3, 0.4) is 0 Å². The number of nitriles is 1. The van der Waals surface area contributed by atoms with Gasteiger partial charge in [0.1, 0.15) is 11.9 Å². The fourth-order valence-electron chi connectivity index (χ4n) is 3.20. The molecule has 0 aliphatic carbocycles. The molecule has 1 saturated heterocycles. The average Bonchev–Trinajstić information content (AvgIpc) is 3.32. The van der Waals surface area contributed by atoms with E-state index in [1.807, 2.05) is 0 Å². The minimum atomic E-state index is -1.21. The molecule has 1 unspecified atom stereocenters. The molecule has 0 radical (unpaired) electrons. The van der Waals surface area contributed by atoms with E-state index in [0.29, 0.717) is 22.4 Å². The van der Waals surface area contributed by atoms with E-state index >= 15 is 0 Å². The standard InChI is InChI=1S/C19H15N7O2/c1-19(15-6-3-7-16(9-15)26-12-21-23-24-26)17(27)25(18(28)22-19)11-14-5-2-4-13(8-14)10-20/h2-9,12H,11H2,1H3,(H,22,28). The van der Waals surface area contributed by atoms with Gasteiger partial charge in [-0.3, -0.25) is 9.69 Å². The van der Waals surface area contributed by atoms with Crippen molar-refractivity contribution in [3.8, 4) is 11.8 Å². The van der Waals surface area contributed by atoms with Crippen LogP contribution in [0.5, 0.6) is 0 Å². The van der Waals surface area contributed by atoms with Crippen molar-refractivity contribution in [3.05, 3.63) is 71.5 Å². The molecular weight excluding hydrogens is 358 g/mol. The van der Waals surface area contributed by atoms with Gasteiger partial charge in [0.05, 0.1) is 23.9 Å². The highest BCUT2D eigenvalue weighted by Crippen LogP contribution is 2.30. The molecule has 2 aromatic carbocycles. The summed E-state index contributed by atoms with van der Waals surface area (Å²) >= 11 is 0. The van der Waals surface area contributed by atoms with Gasteiger partial charge in [-0.05, 0) is 52.7 Å². The lowest BCUT2D eigenvalue weighted by Crippen LogP contribution is -2.40. The Hall–Kier alpha value is -4.06. The smallest absolute Gasteiger partial charge is 0.319 e. The normalized spacial score (nSPS) is 18.8. The molecule has 1 aliphatic heterocycles. The minimum absolute atomic E-state index is 0.0858. The molecule has 2 heterocycles. The maximum Gasteiger partial charge on any atom is 0.325 e. The van der Waals surface area contributed by atoms with Gasteiger partial charge in [-0.1, -0.05) is 24.3 Å². The van der Waals surface area contributed by atoms with Crippen molar-refractivity contribution >= 4 is 11.9 Å². The molecule has 1 N–H and O–H groups in total. The summed E-state index contributed by atoms with van der Waals surface area (Å²) in [7, 11) is 0. The van der Waals surface area contributed by atoms with Gasteiger partial charge in [-0.15, -0.1) is 5.10 Å². The minimum Gasteiger partial charge on any atom is -0.319 e. The van der Waals surface area contributed by atoms with Crippen LogP contribution in [0.1, 0.15) is 23.6 Å². The Morgan fingerprint density at radius 3 is 2.75 bits per heavy atom. The number of imide groups is 1. The predicted molar refractivity (Wildman–Crippen MR) is 96.7 cm³/mol. The number of nitrogens with zero attached hydrogens (tertiary/aromatic N) is 6. The Morgan fingerprint density at radius 1 is 1.18 bits per heavy atom. The number of benzene rings is 2. The SMILES string of the molecule is CC1(c2cccc(-n3cnnn3)c2)NC(=O)N(Cc2cccc(C#N)c2)C1=O. The van der Waals surface area contributed by atoms with Crippen LogP contribution in [0.4, 0.5) is 4.79 Å². The summed E-state index contributed by atoms with van der Waals surface area (Å²) < 4.78 is 1.47. The number of amides is 3. The van der Waals surface area contributed by atoms with Crippen LogP contribution in [0.25, 0.3) is 5.69 Å². The first-order chi connectivity index (χ1) is 13.5. The number of tetrazole rings is 1. The molecule has 3 aromatic rings. The molecule has 28 heavy (non-hydrogen) atoms. The zero-order valence-corrected chi connectivity index (χ0v) is 14.9. The van der Waals surface area contributed by atoms with E-state index in [9.17, 15) is 9.59 Å². The van der Waals surface area contributed by atoms with E-state index in [2.05, 4.69) is 26.9 Å². The van der Waals surface area contributed by atoms with Crippen LogP contribution in [0, 0.1) is 11.3 Å². The molecule has 1 aromatic heterocycles. The Bertz CT molecular complexity index is 1100. The van der Waals surface area contributed by atoms with Gasteiger partial charge < -0.3 is 5.32 Å². The first-order valence-corrected chi connectivity index (χ1v) is 8.48. The van der Waals surface area contributed by atoms with E-state index in [4.69, 9.17) is 5.26 Å². The summed E-state index contributed by atoms with van der Waals surface area (Å²) in [6, 6.07) is 15.5. The number of aromatic nitrogens is 4. The lowest BCUT2D eigenvalue weighted by atomic mass is 9.91. The third-order valence-electron chi connectivity index (χ3n) is 4.71. The van der Waals surface area contributed by atoms with Gasteiger partial charge in [-0.2, -0.15) is 5.26 Å². The molecule has 0 saturated carbocycles. The Labute approximate surface area is 160 Å². The maximum atomic E-state index is 13.1. The summed E-state index contributed by atoms with van der Waals surface area (Å²) in [4.78, 5) is 26.8. The topological polar surface area (TPSA) is 117 Å². The molecular formula is C19H15N7O2.